The number of nitriles is 1. The molecule has 162 valence electrons. The van der Waals surface area contributed by atoms with E-state index in [9.17, 15) is 0 Å². The van der Waals surface area contributed by atoms with Crippen molar-refractivity contribution < 1.29 is 0 Å². The minimum absolute atomic E-state index is 0.630. The van der Waals surface area contributed by atoms with Gasteiger partial charge in [-0.1, -0.05) is 72.4 Å². The van der Waals surface area contributed by atoms with Crippen molar-refractivity contribution >= 4 is 16.1 Å². The van der Waals surface area contributed by atoms with Crippen LogP contribution in [0.15, 0.2) is 0 Å². The first-order valence-corrected chi connectivity index (χ1v) is 17.1. The van der Waals surface area contributed by atoms with E-state index in [0.29, 0.717) is 6.42 Å². The van der Waals surface area contributed by atoms with Crippen LogP contribution in [0.1, 0.15) is 73.6 Å². The molecule has 0 amide bonds. The maximum atomic E-state index is 8.62. The lowest BCUT2D eigenvalue weighted by atomic mass is 10.2. The molecule has 0 heterocycles. The quantitative estimate of drug-likeness (QED) is 0.210. The van der Waals surface area contributed by atoms with Gasteiger partial charge in [-0.05, 0) is 59.2 Å². The largest absolute Gasteiger partial charge is 0.198 e. The molecule has 3 heteroatoms. The molecule has 1 nitrogen and oxygen atoms in total. The van der Waals surface area contributed by atoms with Crippen molar-refractivity contribution in [2.24, 2.45) is 0 Å². The highest BCUT2D eigenvalue weighted by Gasteiger charge is 2.41. The molecule has 0 aliphatic carbocycles. The Labute approximate surface area is 189 Å². The number of unbranched alkanes of at least 4 members (excludes halogenated alkanes) is 3. The minimum Gasteiger partial charge on any atom is -0.198 e. The summed E-state index contributed by atoms with van der Waals surface area (Å²) < 4.78 is 0. The maximum absolute atomic E-state index is 8.62. The Morgan fingerprint density at radius 2 is 1.17 bits per heavy atom. The Hall–Kier alpha value is -1.84. The van der Waals surface area contributed by atoms with E-state index in [-0.39, 0.29) is 0 Å². The lowest BCUT2D eigenvalue weighted by Gasteiger charge is -2.41. The second-order valence-corrected chi connectivity index (χ2v) is 20.2. The lowest BCUT2D eigenvalue weighted by molar-refractivity contribution is 0.813. The molecule has 0 saturated heterocycles. The number of nitrogens with zero attached hydrogens (tertiary/aromatic N) is 1. The Kier molecular flexibility index (Phi) is 14.1. The van der Waals surface area contributed by atoms with Gasteiger partial charge in [-0.15, -0.1) is 5.54 Å². The normalized spacial score (nSPS) is 10.7. The molecule has 0 bridgehead atoms. The van der Waals surface area contributed by atoms with E-state index in [1.54, 1.807) is 0 Å². The predicted molar refractivity (Wildman–Crippen MR) is 138 cm³/mol. The van der Waals surface area contributed by atoms with Crippen LogP contribution in [0.25, 0.3) is 0 Å². The molecule has 0 spiro atoms. The molecular formula is C27H41NSi2. The molecule has 30 heavy (non-hydrogen) atoms. The maximum Gasteiger partial charge on any atom is 0.133 e. The zero-order chi connectivity index (χ0) is 23.0. The number of hydrogen-bond acceptors (Lipinski definition) is 1. The van der Waals surface area contributed by atoms with Crippen molar-refractivity contribution in [2.45, 2.75) is 115 Å². The van der Waals surface area contributed by atoms with Crippen molar-refractivity contribution in [1.29, 1.82) is 5.26 Å². The zero-order valence-electron chi connectivity index (χ0n) is 20.6. The van der Waals surface area contributed by atoms with E-state index in [1.165, 1.54) is 0 Å². The van der Waals surface area contributed by atoms with Gasteiger partial charge in [0.1, 0.15) is 8.07 Å². The van der Waals surface area contributed by atoms with E-state index < -0.39 is 16.1 Å². The van der Waals surface area contributed by atoms with Crippen LogP contribution >= 0.6 is 0 Å². The van der Waals surface area contributed by atoms with Crippen molar-refractivity contribution in [3.05, 3.63) is 0 Å². The fraction of sp³-hybridized carbons (Fsp3) is 0.667. The van der Waals surface area contributed by atoms with Crippen LogP contribution < -0.4 is 0 Å². The lowest BCUT2D eigenvalue weighted by Crippen LogP contribution is -2.43. The van der Waals surface area contributed by atoms with Crippen LogP contribution in [-0.2, 0) is 0 Å². The minimum atomic E-state index is -1.52. The molecule has 0 aromatic carbocycles. The summed E-state index contributed by atoms with van der Waals surface area (Å²) in [7, 11) is -2.95. The molecule has 0 aromatic heterocycles. The number of rotatable bonds is 9. The smallest absolute Gasteiger partial charge is 0.133 e. The first-order valence-electron chi connectivity index (χ1n) is 11.4. The molecule has 0 N–H and O–H groups in total. The molecule has 0 aliphatic rings. The number of hydrogen-bond donors (Lipinski definition) is 0. The second kappa shape index (κ2) is 15.0. The molecule has 0 fully saturated rings. The van der Waals surface area contributed by atoms with Crippen LogP contribution in [0.2, 0.25) is 41.8 Å². The van der Waals surface area contributed by atoms with Gasteiger partial charge in [0.25, 0.3) is 0 Å². The highest BCUT2D eigenvalue weighted by Crippen LogP contribution is 2.43. The van der Waals surface area contributed by atoms with Crippen LogP contribution in [0.4, 0.5) is 0 Å². The van der Waals surface area contributed by atoms with Gasteiger partial charge in [0, 0.05) is 25.3 Å². The Bertz CT molecular complexity index is 775. The fourth-order valence-electron chi connectivity index (χ4n) is 4.20. The second-order valence-electron chi connectivity index (χ2n) is 9.66. The average Bonchev–Trinajstić information content (AvgIpc) is 2.64. The Balaban J connectivity index is 4.45. The molecule has 0 saturated carbocycles. The SMILES string of the molecule is CC(C)[Si](CC#CC#CCCCC#CC#C[Si](C)(C)CCCC#N)(C(C)C)C(C)C. The third kappa shape index (κ3) is 10.8. The first-order chi connectivity index (χ1) is 14.1. The van der Waals surface area contributed by atoms with Crippen LogP contribution in [0, 0.1) is 58.3 Å². The summed E-state index contributed by atoms with van der Waals surface area (Å²) in [5.41, 5.74) is 5.57. The fourth-order valence-corrected chi connectivity index (χ4v) is 11.4. The van der Waals surface area contributed by atoms with Gasteiger partial charge in [0.15, 0.2) is 0 Å². The zero-order valence-corrected chi connectivity index (χ0v) is 22.6. The molecular weight excluding hydrogens is 394 g/mol. The molecule has 0 aliphatic heterocycles. The Morgan fingerprint density at radius 1 is 0.667 bits per heavy atom. The summed E-state index contributed by atoms with van der Waals surface area (Å²) in [5.74, 6) is 21.9. The van der Waals surface area contributed by atoms with E-state index in [0.717, 1.165) is 54.4 Å². The van der Waals surface area contributed by atoms with Gasteiger partial charge in [-0.25, -0.2) is 0 Å². The van der Waals surface area contributed by atoms with E-state index in [2.05, 4.69) is 108 Å². The molecule has 0 unspecified atom stereocenters. The predicted octanol–water partition coefficient (Wildman–Crippen LogP) is 7.40. The topological polar surface area (TPSA) is 23.8 Å². The van der Waals surface area contributed by atoms with Gasteiger partial charge in [0.2, 0.25) is 0 Å². The van der Waals surface area contributed by atoms with Gasteiger partial charge in [-0.3, -0.25) is 0 Å². The van der Waals surface area contributed by atoms with Gasteiger partial charge in [-0.2, -0.15) is 5.26 Å². The summed E-state index contributed by atoms with van der Waals surface area (Å²) in [6, 6.07) is 4.32. The highest BCUT2D eigenvalue weighted by atomic mass is 28.3. The van der Waals surface area contributed by atoms with Crippen LogP contribution in [-0.4, -0.2) is 16.1 Å². The molecule has 0 radical (unpaired) electrons. The van der Waals surface area contributed by atoms with E-state index >= 15 is 0 Å². The van der Waals surface area contributed by atoms with Crippen molar-refractivity contribution in [2.75, 3.05) is 0 Å². The first kappa shape index (κ1) is 28.2. The standard InChI is InChI=1S/C27H41NSi2/c1-25(2)30(26(3)4,27(5)6)24-19-16-14-12-10-9-11-13-15-18-22-29(7,8)23-20-17-21-28/h25-27H,9-11,17,20,23-24H2,1-8H3. The van der Waals surface area contributed by atoms with Gasteiger partial charge in [0.05, 0.1) is 14.1 Å². The van der Waals surface area contributed by atoms with Crippen LogP contribution in [0.5, 0.6) is 0 Å². The summed E-state index contributed by atoms with van der Waals surface area (Å²) in [4.78, 5) is 0. The van der Waals surface area contributed by atoms with Gasteiger partial charge < -0.3 is 0 Å². The summed E-state index contributed by atoms with van der Waals surface area (Å²) in [6.45, 7) is 18.8. The van der Waals surface area contributed by atoms with Crippen LogP contribution in [0.3, 0.4) is 0 Å². The molecule has 0 atom stereocenters. The summed E-state index contributed by atoms with van der Waals surface area (Å²) in [6.07, 6.45) is 4.22. The summed E-state index contributed by atoms with van der Waals surface area (Å²) >= 11 is 0. The highest BCUT2D eigenvalue weighted by molar-refractivity contribution is 6.85. The average molecular weight is 436 g/mol. The van der Waals surface area contributed by atoms with E-state index in [4.69, 9.17) is 5.26 Å². The van der Waals surface area contributed by atoms with Crippen molar-refractivity contribution in [1.82, 2.24) is 0 Å². The third-order valence-electron chi connectivity index (χ3n) is 6.10. The summed E-state index contributed by atoms with van der Waals surface area (Å²) in [5, 5.41) is 8.62. The van der Waals surface area contributed by atoms with Crippen molar-refractivity contribution in [3.63, 3.8) is 0 Å². The van der Waals surface area contributed by atoms with Gasteiger partial charge >= 0.3 is 0 Å². The van der Waals surface area contributed by atoms with E-state index in [1.807, 2.05) is 0 Å². The van der Waals surface area contributed by atoms with Crippen molar-refractivity contribution in [3.8, 4) is 53.1 Å². The third-order valence-corrected chi connectivity index (χ3v) is 15.7. The Morgan fingerprint density at radius 3 is 1.67 bits per heavy atom. The molecule has 0 aromatic rings. The molecule has 0 rings (SSSR count). The monoisotopic (exact) mass is 435 g/mol.